The molecule has 5 aromatic rings. The first-order valence-electron chi connectivity index (χ1n) is 17.7. The molecule has 4 heterocycles. The van der Waals surface area contributed by atoms with Crippen LogP contribution >= 0.6 is 0 Å². The average molecular weight is 687 g/mol. The summed E-state index contributed by atoms with van der Waals surface area (Å²) in [5.74, 6) is -0.687. The van der Waals surface area contributed by atoms with Crippen molar-refractivity contribution in [1.29, 1.82) is 0 Å². The summed E-state index contributed by atoms with van der Waals surface area (Å²) in [5.41, 5.74) is 7.61. The van der Waals surface area contributed by atoms with E-state index >= 15 is 0 Å². The predicted molar refractivity (Wildman–Crippen MR) is 191 cm³/mol. The molecule has 4 aromatic carbocycles. The maximum absolute atomic E-state index is 12.9. The molecule has 3 unspecified atom stereocenters. The van der Waals surface area contributed by atoms with E-state index in [4.69, 9.17) is 18.9 Å². The third-order valence-electron chi connectivity index (χ3n) is 10.1. The summed E-state index contributed by atoms with van der Waals surface area (Å²) in [6.45, 7) is 4.27. The number of nitrogens with one attached hydrogen (secondary N) is 1. The van der Waals surface area contributed by atoms with Gasteiger partial charge < -0.3 is 34.3 Å². The van der Waals surface area contributed by atoms with Crippen molar-refractivity contribution in [3.63, 3.8) is 0 Å². The van der Waals surface area contributed by atoms with Crippen LogP contribution in [0.5, 0.6) is 0 Å². The van der Waals surface area contributed by atoms with E-state index in [2.05, 4.69) is 50.5 Å². The molecule has 1 amide bonds. The SMILES string of the molecule is O=C(NCc1cccc(-c2cccc(C3OC(CN4CCC5(CC4)OCCO5)CC(c4ccc(CO)cc4)O3)c2)c1)c1cnc2ccccc2n1. The number of benzene rings is 4. The highest BCUT2D eigenvalue weighted by Gasteiger charge is 2.41. The van der Waals surface area contributed by atoms with Crippen LogP contribution in [0.25, 0.3) is 22.2 Å². The van der Waals surface area contributed by atoms with E-state index in [1.165, 1.54) is 6.20 Å². The number of nitrogens with zero attached hydrogens (tertiary/aromatic N) is 3. The molecule has 51 heavy (non-hydrogen) atoms. The number of amides is 1. The fourth-order valence-electron chi connectivity index (χ4n) is 7.25. The molecule has 8 rings (SSSR count). The van der Waals surface area contributed by atoms with Crippen LogP contribution in [0.4, 0.5) is 0 Å². The topological polar surface area (TPSA) is 115 Å². The minimum absolute atomic E-state index is 0.00352. The molecule has 1 aromatic heterocycles. The molecule has 1 spiro atoms. The number of likely N-dealkylation sites (tertiary alicyclic amines) is 1. The van der Waals surface area contributed by atoms with Gasteiger partial charge in [0.1, 0.15) is 5.69 Å². The van der Waals surface area contributed by atoms with E-state index in [9.17, 15) is 9.90 Å². The van der Waals surface area contributed by atoms with E-state index in [-0.39, 0.29) is 30.4 Å². The molecule has 3 fully saturated rings. The zero-order valence-electron chi connectivity index (χ0n) is 28.4. The van der Waals surface area contributed by atoms with Crippen LogP contribution in [-0.2, 0) is 32.1 Å². The van der Waals surface area contributed by atoms with Gasteiger partial charge in [0.15, 0.2) is 12.1 Å². The number of carbonyl (C=O) groups excluding carboxylic acids is 1. The monoisotopic (exact) mass is 686 g/mol. The van der Waals surface area contributed by atoms with Crippen LogP contribution in [-0.4, -0.2) is 70.6 Å². The first-order valence-corrected chi connectivity index (χ1v) is 17.7. The Hall–Kier alpha value is -4.55. The molecule has 262 valence electrons. The lowest BCUT2D eigenvalue weighted by atomic mass is 9.97. The largest absolute Gasteiger partial charge is 0.392 e. The van der Waals surface area contributed by atoms with Gasteiger partial charge in [-0.2, -0.15) is 0 Å². The molecule has 2 N–H and O–H groups in total. The van der Waals surface area contributed by atoms with Crippen molar-refractivity contribution in [2.45, 2.75) is 56.7 Å². The average Bonchev–Trinajstić information content (AvgIpc) is 3.65. The van der Waals surface area contributed by atoms with Gasteiger partial charge in [-0.3, -0.25) is 9.78 Å². The molecular weight excluding hydrogens is 644 g/mol. The highest BCUT2D eigenvalue weighted by Crippen LogP contribution is 2.40. The minimum Gasteiger partial charge on any atom is -0.392 e. The summed E-state index contributed by atoms with van der Waals surface area (Å²) < 4.78 is 25.3. The van der Waals surface area contributed by atoms with E-state index in [0.717, 1.165) is 77.8 Å². The number of rotatable bonds is 9. The number of aliphatic hydroxyl groups excluding tert-OH is 1. The van der Waals surface area contributed by atoms with Gasteiger partial charge in [-0.15, -0.1) is 0 Å². The molecule has 3 saturated heterocycles. The Morgan fingerprint density at radius 2 is 1.57 bits per heavy atom. The molecule has 0 radical (unpaired) electrons. The smallest absolute Gasteiger partial charge is 0.271 e. The highest BCUT2D eigenvalue weighted by molar-refractivity contribution is 5.93. The minimum atomic E-state index is -0.561. The number of piperidine rings is 1. The van der Waals surface area contributed by atoms with Gasteiger partial charge in [0.25, 0.3) is 5.91 Å². The molecule has 10 heteroatoms. The Morgan fingerprint density at radius 3 is 2.35 bits per heavy atom. The van der Waals surface area contributed by atoms with Crippen molar-refractivity contribution in [3.05, 3.63) is 131 Å². The van der Waals surface area contributed by atoms with Crippen LogP contribution < -0.4 is 5.32 Å². The van der Waals surface area contributed by atoms with Gasteiger partial charge in [0.2, 0.25) is 0 Å². The Balaban J connectivity index is 0.973. The normalized spacial score (nSPS) is 21.9. The zero-order chi connectivity index (χ0) is 34.6. The van der Waals surface area contributed by atoms with E-state index in [0.29, 0.717) is 25.3 Å². The molecule has 0 aliphatic carbocycles. The van der Waals surface area contributed by atoms with Crippen molar-refractivity contribution in [2.24, 2.45) is 0 Å². The third kappa shape index (κ3) is 7.72. The zero-order valence-corrected chi connectivity index (χ0v) is 28.4. The first-order chi connectivity index (χ1) is 25.0. The summed E-state index contributed by atoms with van der Waals surface area (Å²) in [5, 5.41) is 12.6. The number of para-hydroxylation sites is 2. The Bertz CT molecular complexity index is 1970. The van der Waals surface area contributed by atoms with Crippen molar-refractivity contribution in [2.75, 3.05) is 32.8 Å². The van der Waals surface area contributed by atoms with Gasteiger partial charge in [-0.25, -0.2) is 4.98 Å². The number of ether oxygens (including phenoxy) is 4. The number of aliphatic hydroxyl groups is 1. The second-order valence-corrected chi connectivity index (χ2v) is 13.5. The fourth-order valence-corrected chi connectivity index (χ4v) is 7.25. The van der Waals surface area contributed by atoms with Crippen LogP contribution in [0.2, 0.25) is 0 Å². The number of hydrogen-bond acceptors (Lipinski definition) is 9. The van der Waals surface area contributed by atoms with Crippen LogP contribution in [0.15, 0.2) is 103 Å². The van der Waals surface area contributed by atoms with Crippen molar-refractivity contribution < 1.29 is 28.8 Å². The third-order valence-corrected chi connectivity index (χ3v) is 10.1. The van der Waals surface area contributed by atoms with Gasteiger partial charge in [-0.05, 0) is 52.1 Å². The van der Waals surface area contributed by atoms with E-state index in [1.54, 1.807) is 0 Å². The van der Waals surface area contributed by atoms with Crippen molar-refractivity contribution >= 4 is 16.9 Å². The molecule has 3 atom stereocenters. The van der Waals surface area contributed by atoms with E-state index in [1.807, 2.05) is 66.7 Å². The van der Waals surface area contributed by atoms with Crippen molar-refractivity contribution in [3.8, 4) is 11.1 Å². The molecule has 3 aliphatic rings. The number of hydrogen-bond donors (Lipinski definition) is 2. The van der Waals surface area contributed by atoms with Crippen LogP contribution in [0.1, 0.15) is 64.4 Å². The molecule has 10 nitrogen and oxygen atoms in total. The van der Waals surface area contributed by atoms with Gasteiger partial charge in [-0.1, -0.05) is 72.8 Å². The molecule has 0 saturated carbocycles. The quantitative estimate of drug-likeness (QED) is 0.190. The lowest BCUT2D eigenvalue weighted by Gasteiger charge is -2.41. The summed E-state index contributed by atoms with van der Waals surface area (Å²) in [4.78, 5) is 24.2. The Kier molecular flexibility index (Phi) is 9.86. The second kappa shape index (κ2) is 15.0. The molecule has 0 bridgehead atoms. The van der Waals surface area contributed by atoms with Crippen molar-refractivity contribution in [1.82, 2.24) is 20.2 Å². The predicted octanol–water partition coefficient (Wildman–Crippen LogP) is 6.10. The standard InChI is InChI=1S/C41H42N4O6/c46-27-28-11-13-30(14-12-28)38-23-34(26-45-17-15-41(16-18-45)48-19-20-49-41)50-40(51-38)33-8-4-7-32(22-33)31-6-3-5-29(21-31)24-43-39(47)37-25-42-35-9-1-2-10-36(35)44-37/h1-14,21-22,25,34,38,40,46H,15-20,23-24,26-27H2,(H,43,47). The summed E-state index contributed by atoms with van der Waals surface area (Å²) >= 11 is 0. The number of carbonyl (C=O) groups is 1. The number of fused-ring (bicyclic) bond motifs is 1. The number of aromatic nitrogens is 2. The first kappa shape index (κ1) is 33.6. The summed E-state index contributed by atoms with van der Waals surface area (Å²) in [7, 11) is 0. The molecule has 3 aliphatic heterocycles. The van der Waals surface area contributed by atoms with Crippen LogP contribution in [0, 0.1) is 0 Å². The Morgan fingerprint density at radius 1 is 0.824 bits per heavy atom. The maximum Gasteiger partial charge on any atom is 0.271 e. The van der Waals surface area contributed by atoms with Gasteiger partial charge in [0.05, 0.1) is 49.3 Å². The summed E-state index contributed by atoms with van der Waals surface area (Å²) in [6.07, 6.45) is 3.17. The summed E-state index contributed by atoms with van der Waals surface area (Å²) in [6, 6.07) is 31.9. The lowest BCUT2D eigenvalue weighted by molar-refractivity contribution is -0.255. The maximum atomic E-state index is 12.9. The molecular formula is C41H42N4O6. The van der Waals surface area contributed by atoms with Gasteiger partial charge in [0, 0.05) is 51.0 Å². The fraction of sp³-hybridized carbons (Fsp3) is 0.341. The Labute approximate surface area is 297 Å². The lowest BCUT2D eigenvalue weighted by Crippen LogP contribution is -2.48. The highest BCUT2D eigenvalue weighted by atomic mass is 16.7. The van der Waals surface area contributed by atoms with E-state index < -0.39 is 12.1 Å². The second-order valence-electron chi connectivity index (χ2n) is 13.5. The van der Waals surface area contributed by atoms with Gasteiger partial charge >= 0.3 is 0 Å². The van der Waals surface area contributed by atoms with Crippen LogP contribution in [0.3, 0.4) is 0 Å².